The number of carbonyl (C=O) groups excluding carboxylic acids is 2. The van der Waals surface area contributed by atoms with Gasteiger partial charge in [-0.15, -0.1) is 13.2 Å². The molecule has 2 rings (SSSR count). The Morgan fingerprint density at radius 3 is 2.11 bits per heavy atom. The van der Waals surface area contributed by atoms with E-state index in [1.54, 1.807) is 13.1 Å². The standard InChI is InChI=1S/C19H20F3N3O3/c1-13-5-3-4-6-16(13)24-18(27)12-25(2)11-17(26)23-14-7-9-15(10-8-14)28-19(20,21)22/h3-10H,11-12H2,1-2H3,(H,23,26)(H,24,27). The zero-order valence-electron chi connectivity index (χ0n) is 15.3. The van der Waals surface area contributed by atoms with Gasteiger partial charge in [-0.2, -0.15) is 0 Å². The first-order valence-corrected chi connectivity index (χ1v) is 8.32. The second-order valence-corrected chi connectivity index (χ2v) is 6.16. The van der Waals surface area contributed by atoms with Crippen LogP contribution in [-0.2, 0) is 9.59 Å². The van der Waals surface area contributed by atoms with Gasteiger partial charge in [-0.3, -0.25) is 14.5 Å². The summed E-state index contributed by atoms with van der Waals surface area (Å²) in [5.74, 6) is -1.05. The van der Waals surface area contributed by atoms with Crippen LogP contribution in [0.25, 0.3) is 0 Å². The molecule has 2 aromatic rings. The van der Waals surface area contributed by atoms with E-state index in [9.17, 15) is 22.8 Å². The molecule has 0 aliphatic carbocycles. The minimum atomic E-state index is -4.77. The first kappa shape index (κ1) is 21.2. The molecule has 6 nitrogen and oxygen atoms in total. The molecule has 9 heteroatoms. The van der Waals surface area contributed by atoms with Gasteiger partial charge in [-0.25, -0.2) is 0 Å². The summed E-state index contributed by atoms with van der Waals surface area (Å²) in [7, 11) is 1.61. The molecule has 2 N–H and O–H groups in total. The molecule has 150 valence electrons. The number of ether oxygens (including phenoxy) is 1. The van der Waals surface area contributed by atoms with Crippen LogP contribution in [0.1, 0.15) is 5.56 Å². The largest absolute Gasteiger partial charge is 0.573 e. The van der Waals surface area contributed by atoms with Gasteiger partial charge >= 0.3 is 6.36 Å². The predicted octanol–water partition coefficient (Wildman–Crippen LogP) is 3.40. The summed E-state index contributed by atoms with van der Waals surface area (Å²) < 4.78 is 40.1. The number of amides is 2. The number of alkyl halides is 3. The lowest BCUT2D eigenvalue weighted by atomic mass is 10.2. The Bertz CT molecular complexity index is 823. The maximum absolute atomic E-state index is 12.1. The Kier molecular flexibility index (Phi) is 7.00. The number of hydrogen-bond donors (Lipinski definition) is 2. The zero-order chi connectivity index (χ0) is 20.7. The second kappa shape index (κ2) is 9.23. The number of halogens is 3. The van der Waals surface area contributed by atoms with Gasteiger partial charge in [0.05, 0.1) is 13.1 Å². The summed E-state index contributed by atoms with van der Waals surface area (Å²) in [5, 5.41) is 5.32. The van der Waals surface area contributed by atoms with Crippen LogP contribution >= 0.6 is 0 Å². The lowest BCUT2D eigenvalue weighted by Crippen LogP contribution is -2.36. The number of nitrogens with zero attached hydrogens (tertiary/aromatic N) is 1. The molecule has 0 aromatic heterocycles. The van der Waals surface area contributed by atoms with Crippen molar-refractivity contribution in [2.24, 2.45) is 0 Å². The first-order valence-electron chi connectivity index (χ1n) is 8.32. The quantitative estimate of drug-likeness (QED) is 0.754. The van der Waals surface area contributed by atoms with E-state index in [1.807, 2.05) is 25.1 Å². The lowest BCUT2D eigenvalue weighted by molar-refractivity contribution is -0.274. The van der Waals surface area contributed by atoms with Gasteiger partial charge in [0, 0.05) is 11.4 Å². The third-order valence-corrected chi connectivity index (χ3v) is 3.62. The third-order valence-electron chi connectivity index (χ3n) is 3.62. The number of carbonyl (C=O) groups is 2. The van der Waals surface area contributed by atoms with Crippen LogP contribution in [0, 0.1) is 6.92 Å². The van der Waals surface area contributed by atoms with Crippen molar-refractivity contribution < 1.29 is 27.5 Å². The molecule has 28 heavy (non-hydrogen) atoms. The Labute approximate surface area is 160 Å². The lowest BCUT2D eigenvalue weighted by Gasteiger charge is -2.16. The summed E-state index contributed by atoms with van der Waals surface area (Å²) in [6, 6.07) is 12.1. The molecular weight excluding hydrogens is 375 g/mol. The minimum absolute atomic E-state index is 0.000114. The van der Waals surface area contributed by atoms with E-state index in [0.717, 1.165) is 17.7 Å². The topological polar surface area (TPSA) is 70.7 Å². The maximum Gasteiger partial charge on any atom is 0.573 e. The number of anilines is 2. The van der Waals surface area contributed by atoms with Crippen molar-refractivity contribution in [2.45, 2.75) is 13.3 Å². The SMILES string of the molecule is Cc1ccccc1NC(=O)CN(C)CC(=O)Nc1ccc(OC(F)(F)F)cc1. The summed E-state index contributed by atoms with van der Waals surface area (Å²) in [6.45, 7) is 1.81. The molecule has 0 bridgehead atoms. The van der Waals surface area contributed by atoms with E-state index in [-0.39, 0.29) is 24.7 Å². The molecule has 0 aliphatic heterocycles. The van der Waals surface area contributed by atoms with Gasteiger partial charge in [0.15, 0.2) is 0 Å². The molecule has 0 atom stereocenters. The van der Waals surface area contributed by atoms with Crippen LogP contribution in [-0.4, -0.2) is 43.2 Å². The van der Waals surface area contributed by atoms with E-state index in [1.165, 1.54) is 17.0 Å². The third kappa shape index (κ3) is 7.28. The molecule has 0 aliphatic rings. The zero-order valence-corrected chi connectivity index (χ0v) is 15.3. The molecule has 0 fully saturated rings. The molecule has 2 amide bonds. The van der Waals surface area contributed by atoms with E-state index in [4.69, 9.17) is 0 Å². The van der Waals surface area contributed by atoms with Crippen molar-refractivity contribution in [3.63, 3.8) is 0 Å². The molecule has 2 aromatic carbocycles. The summed E-state index contributed by atoms with van der Waals surface area (Å²) >= 11 is 0. The number of aryl methyl sites for hydroxylation is 1. The number of para-hydroxylation sites is 1. The van der Waals surface area contributed by atoms with Gasteiger partial charge in [0.2, 0.25) is 11.8 Å². The summed E-state index contributed by atoms with van der Waals surface area (Å²) in [5.41, 5.74) is 1.94. The van der Waals surface area contributed by atoms with E-state index >= 15 is 0 Å². The van der Waals surface area contributed by atoms with Crippen molar-refractivity contribution in [3.05, 3.63) is 54.1 Å². The van der Waals surface area contributed by atoms with Crippen LogP contribution in [0.15, 0.2) is 48.5 Å². The maximum atomic E-state index is 12.1. The van der Waals surface area contributed by atoms with Gasteiger partial charge < -0.3 is 15.4 Å². The number of nitrogens with one attached hydrogen (secondary N) is 2. The average Bonchev–Trinajstić information content (AvgIpc) is 2.57. The monoisotopic (exact) mass is 395 g/mol. The fraction of sp³-hybridized carbons (Fsp3) is 0.263. The van der Waals surface area contributed by atoms with Crippen molar-refractivity contribution in [3.8, 4) is 5.75 Å². The normalized spacial score (nSPS) is 11.2. The Morgan fingerprint density at radius 1 is 0.964 bits per heavy atom. The predicted molar refractivity (Wildman–Crippen MR) is 99.1 cm³/mol. The van der Waals surface area contributed by atoms with Gasteiger partial charge in [-0.05, 0) is 49.9 Å². The highest BCUT2D eigenvalue weighted by molar-refractivity contribution is 5.95. The van der Waals surface area contributed by atoms with Crippen molar-refractivity contribution in [2.75, 3.05) is 30.8 Å². The highest BCUT2D eigenvalue weighted by Gasteiger charge is 2.30. The fourth-order valence-electron chi connectivity index (χ4n) is 2.39. The van der Waals surface area contributed by atoms with Crippen molar-refractivity contribution >= 4 is 23.2 Å². The summed E-state index contributed by atoms with van der Waals surface area (Å²) in [6.07, 6.45) is -4.77. The molecular formula is C19H20F3N3O3. The molecule has 0 unspecified atom stereocenters. The Balaban J connectivity index is 1.80. The first-order chi connectivity index (χ1) is 13.1. The number of likely N-dealkylation sites (N-methyl/N-ethyl adjacent to an activating group) is 1. The molecule has 0 saturated heterocycles. The van der Waals surface area contributed by atoms with E-state index in [0.29, 0.717) is 11.4 Å². The summed E-state index contributed by atoms with van der Waals surface area (Å²) in [4.78, 5) is 25.6. The highest BCUT2D eigenvalue weighted by Crippen LogP contribution is 2.23. The van der Waals surface area contributed by atoms with E-state index < -0.39 is 12.3 Å². The van der Waals surface area contributed by atoms with Gasteiger partial charge in [-0.1, -0.05) is 18.2 Å². The van der Waals surface area contributed by atoms with Crippen molar-refractivity contribution in [1.29, 1.82) is 0 Å². The number of benzene rings is 2. The van der Waals surface area contributed by atoms with Crippen LogP contribution in [0.5, 0.6) is 5.75 Å². The van der Waals surface area contributed by atoms with Gasteiger partial charge in [0.25, 0.3) is 0 Å². The van der Waals surface area contributed by atoms with Crippen LogP contribution in [0.2, 0.25) is 0 Å². The van der Waals surface area contributed by atoms with E-state index in [2.05, 4.69) is 15.4 Å². The van der Waals surface area contributed by atoms with Crippen LogP contribution in [0.3, 0.4) is 0 Å². The number of rotatable bonds is 7. The Morgan fingerprint density at radius 2 is 1.54 bits per heavy atom. The average molecular weight is 395 g/mol. The number of hydrogen-bond acceptors (Lipinski definition) is 4. The fourth-order valence-corrected chi connectivity index (χ4v) is 2.39. The smallest absolute Gasteiger partial charge is 0.406 e. The molecule has 0 spiro atoms. The van der Waals surface area contributed by atoms with Crippen molar-refractivity contribution in [1.82, 2.24) is 4.90 Å². The molecule has 0 heterocycles. The minimum Gasteiger partial charge on any atom is -0.406 e. The molecule has 0 saturated carbocycles. The molecule has 0 radical (unpaired) electrons. The van der Waals surface area contributed by atoms with Gasteiger partial charge in [0.1, 0.15) is 5.75 Å². The highest BCUT2D eigenvalue weighted by atomic mass is 19.4. The second-order valence-electron chi connectivity index (χ2n) is 6.16. The van der Waals surface area contributed by atoms with Crippen LogP contribution < -0.4 is 15.4 Å². The Hall–Kier alpha value is -3.07. The van der Waals surface area contributed by atoms with Crippen LogP contribution in [0.4, 0.5) is 24.5 Å².